The smallest absolute Gasteiger partial charge is 0.166 e. The van der Waals surface area contributed by atoms with Crippen LogP contribution in [-0.4, -0.2) is 18.0 Å². The Morgan fingerprint density at radius 2 is 2.00 bits per heavy atom. The summed E-state index contributed by atoms with van der Waals surface area (Å²) in [6, 6.07) is 0. The van der Waals surface area contributed by atoms with Gasteiger partial charge in [-0.15, -0.1) is 0 Å². The summed E-state index contributed by atoms with van der Waals surface area (Å²) in [5.74, 6) is 1.14. The molecule has 1 heterocycles. The third-order valence-corrected chi connectivity index (χ3v) is 3.67. The first kappa shape index (κ1) is 10.2. The van der Waals surface area contributed by atoms with Gasteiger partial charge in [0.25, 0.3) is 0 Å². The third-order valence-electron chi connectivity index (χ3n) is 3.67. The zero-order chi connectivity index (χ0) is 10.0. The van der Waals surface area contributed by atoms with Crippen LogP contribution in [0.1, 0.15) is 51.9 Å². The van der Waals surface area contributed by atoms with E-state index in [9.17, 15) is 4.79 Å². The van der Waals surface area contributed by atoms with E-state index in [1.165, 1.54) is 32.1 Å². The van der Waals surface area contributed by atoms with Crippen molar-refractivity contribution in [1.29, 1.82) is 0 Å². The maximum Gasteiger partial charge on any atom is 0.166 e. The van der Waals surface area contributed by atoms with Crippen molar-refractivity contribution < 1.29 is 9.53 Å². The second-order valence-electron chi connectivity index (χ2n) is 4.99. The Balaban J connectivity index is 1.68. The number of Topliss-reactive ketones (excluding diaryl/α,β-unsaturated/α-hetero) is 1. The summed E-state index contributed by atoms with van der Waals surface area (Å²) in [7, 11) is 0. The number of hydrogen-bond donors (Lipinski definition) is 0. The highest BCUT2D eigenvalue weighted by molar-refractivity contribution is 5.89. The van der Waals surface area contributed by atoms with Gasteiger partial charge in [-0.25, -0.2) is 0 Å². The standard InChI is InChI=1S/C12H20O2/c1-12(9-14-12)11(13)8-7-10-5-3-2-4-6-10/h10H,2-9H2,1H3. The summed E-state index contributed by atoms with van der Waals surface area (Å²) in [5.41, 5.74) is -0.380. The molecule has 2 nitrogen and oxygen atoms in total. The van der Waals surface area contributed by atoms with Crippen molar-refractivity contribution in [1.82, 2.24) is 0 Å². The molecular weight excluding hydrogens is 176 g/mol. The minimum atomic E-state index is -0.380. The first-order valence-corrected chi connectivity index (χ1v) is 5.88. The van der Waals surface area contributed by atoms with Crippen molar-refractivity contribution in [2.75, 3.05) is 6.61 Å². The molecule has 1 saturated carbocycles. The molecule has 80 valence electrons. The number of ether oxygens (including phenoxy) is 1. The van der Waals surface area contributed by atoms with E-state index < -0.39 is 0 Å². The molecule has 2 heteroatoms. The van der Waals surface area contributed by atoms with Crippen LogP contribution in [0.5, 0.6) is 0 Å². The van der Waals surface area contributed by atoms with E-state index in [4.69, 9.17) is 4.74 Å². The summed E-state index contributed by atoms with van der Waals surface area (Å²) < 4.78 is 5.15. The summed E-state index contributed by atoms with van der Waals surface area (Å²) >= 11 is 0. The molecule has 1 atom stereocenters. The van der Waals surface area contributed by atoms with Gasteiger partial charge in [0.2, 0.25) is 0 Å². The monoisotopic (exact) mass is 196 g/mol. The number of carbonyl (C=O) groups is 1. The van der Waals surface area contributed by atoms with Gasteiger partial charge in [-0.05, 0) is 19.3 Å². The van der Waals surface area contributed by atoms with Crippen LogP contribution in [0.15, 0.2) is 0 Å². The van der Waals surface area contributed by atoms with Crippen LogP contribution in [0.2, 0.25) is 0 Å². The minimum Gasteiger partial charge on any atom is -0.362 e. The van der Waals surface area contributed by atoms with Crippen LogP contribution in [0.25, 0.3) is 0 Å². The van der Waals surface area contributed by atoms with E-state index in [0.717, 1.165) is 18.8 Å². The molecule has 0 bridgehead atoms. The molecule has 0 aromatic carbocycles. The fourth-order valence-corrected chi connectivity index (χ4v) is 2.34. The van der Waals surface area contributed by atoms with E-state index in [0.29, 0.717) is 12.4 Å². The summed E-state index contributed by atoms with van der Waals surface area (Å²) in [6.07, 6.45) is 8.64. The van der Waals surface area contributed by atoms with Gasteiger partial charge in [-0.3, -0.25) is 4.79 Å². The van der Waals surface area contributed by atoms with E-state index in [1.807, 2.05) is 6.92 Å². The average molecular weight is 196 g/mol. The van der Waals surface area contributed by atoms with Crippen molar-refractivity contribution in [3.63, 3.8) is 0 Å². The molecule has 0 N–H and O–H groups in total. The van der Waals surface area contributed by atoms with Gasteiger partial charge in [-0.1, -0.05) is 32.1 Å². The normalized spacial score (nSPS) is 32.9. The lowest BCUT2D eigenvalue weighted by molar-refractivity contribution is -0.123. The predicted molar refractivity (Wildman–Crippen MR) is 55.2 cm³/mol. The molecule has 0 spiro atoms. The maximum atomic E-state index is 11.6. The Morgan fingerprint density at radius 3 is 2.57 bits per heavy atom. The predicted octanol–water partition coefficient (Wildman–Crippen LogP) is 2.70. The van der Waals surface area contributed by atoms with Crippen LogP contribution in [0.3, 0.4) is 0 Å². The fraction of sp³-hybridized carbons (Fsp3) is 0.917. The molecule has 2 fully saturated rings. The number of ketones is 1. The Hall–Kier alpha value is -0.370. The zero-order valence-corrected chi connectivity index (χ0v) is 9.05. The molecule has 0 radical (unpaired) electrons. The molecular formula is C12H20O2. The SMILES string of the molecule is CC1(C(=O)CCC2CCCCC2)CO1. The van der Waals surface area contributed by atoms with Gasteiger partial charge in [0.15, 0.2) is 5.78 Å². The highest BCUT2D eigenvalue weighted by Crippen LogP contribution is 2.32. The lowest BCUT2D eigenvalue weighted by Gasteiger charge is -2.21. The van der Waals surface area contributed by atoms with Gasteiger partial charge in [-0.2, -0.15) is 0 Å². The second-order valence-corrected chi connectivity index (χ2v) is 4.99. The van der Waals surface area contributed by atoms with Crippen molar-refractivity contribution in [3.8, 4) is 0 Å². The van der Waals surface area contributed by atoms with E-state index >= 15 is 0 Å². The van der Waals surface area contributed by atoms with E-state index in [-0.39, 0.29) is 5.60 Å². The van der Waals surface area contributed by atoms with Gasteiger partial charge >= 0.3 is 0 Å². The van der Waals surface area contributed by atoms with Crippen LogP contribution in [0.4, 0.5) is 0 Å². The van der Waals surface area contributed by atoms with Gasteiger partial charge in [0, 0.05) is 6.42 Å². The third kappa shape index (κ3) is 2.35. The lowest BCUT2D eigenvalue weighted by Crippen LogP contribution is -2.21. The van der Waals surface area contributed by atoms with E-state index in [2.05, 4.69) is 0 Å². The highest BCUT2D eigenvalue weighted by atomic mass is 16.6. The van der Waals surface area contributed by atoms with Crippen molar-refractivity contribution >= 4 is 5.78 Å². The molecule has 14 heavy (non-hydrogen) atoms. The number of epoxide rings is 1. The first-order chi connectivity index (χ1) is 6.71. The quantitative estimate of drug-likeness (QED) is 0.647. The summed E-state index contributed by atoms with van der Waals surface area (Å²) in [6.45, 7) is 2.56. The fourth-order valence-electron chi connectivity index (χ4n) is 2.34. The minimum absolute atomic E-state index is 0.322. The largest absolute Gasteiger partial charge is 0.362 e. The van der Waals surface area contributed by atoms with Crippen LogP contribution in [-0.2, 0) is 9.53 Å². The van der Waals surface area contributed by atoms with E-state index in [1.54, 1.807) is 0 Å². The summed E-state index contributed by atoms with van der Waals surface area (Å²) in [5, 5.41) is 0. The van der Waals surface area contributed by atoms with Crippen molar-refractivity contribution in [2.45, 2.75) is 57.5 Å². The van der Waals surface area contributed by atoms with Gasteiger partial charge in [0.05, 0.1) is 6.61 Å². The van der Waals surface area contributed by atoms with Crippen molar-refractivity contribution in [2.24, 2.45) is 5.92 Å². The zero-order valence-electron chi connectivity index (χ0n) is 9.05. The second kappa shape index (κ2) is 4.01. The van der Waals surface area contributed by atoms with Crippen LogP contribution >= 0.6 is 0 Å². The molecule has 0 aromatic rings. The summed E-state index contributed by atoms with van der Waals surface area (Å²) in [4.78, 5) is 11.6. The van der Waals surface area contributed by atoms with Crippen LogP contribution in [0, 0.1) is 5.92 Å². The average Bonchev–Trinajstić information content (AvgIpc) is 2.96. The molecule has 2 aliphatic rings. The topological polar surface area (TPSA) is 29.6 Å². The maximum absolute atomic E-state index is 11.6. The lowest BCUT2D eigenvalue weighted by atomic mass is 9.85. The molecule has 1 unspecified atom stereocenters. The molecule has 0 aromatic heterocycles. The molecule has 0 amide bonds. The van der Waals surface area contributed by atoms with Crippen LogP contribution < -0.4 is 0 Å². The first-order valence-electron chi connectivity index (χ1n) is 5.88. The molecule has 1 saturated heterocycles. The highest BCUT2D eigenvalue weighted by Gasteiger charge is 2.46. The Bertz CT molecular complexity index is 212. The Kier molecular flexibility index (Phi) is 2.91. The number of carbonyl (C=O) groups excluding carboxylic acids is 1. The Labute approximate surface area is 86.0 Å². The van der Waals surface area contributed by atoms with Gasteiger partial charge < -0.3 is 4.74 Å². The molecule has 2 rings (SSSR count). The molecule has 1 aliphatic carbocycles. The Morgan fingerprint density at radius 1 is 1.36 bits per heavy atom. The van der Waals surface area contributed by atoms with Gasteiger partial charge in [0.1, 0.15) is 5.60 Å². The number of rotatable bonds is 4. The number of hydrogen-bond acceptors (Lipinski definition) is 2. The van der Waals surface area contributed by atoms with Crippen molar-refractivity contribution in [3.05, 3.63) is 0 Å². The molecule has 1 aliphatic heterocycles.